The summed E-state index contributed by atoms with van der Waals surface area (Å²) in [5.74, 6) is 0. The number of benzene rings is 8. The Kier molecular flexibility index (Phi) is 7.07. The van der Waals surface area contributed by atoms with E-state index in [1.807, 2.05) is 11.3 Å². The van der Waals surface area contributed by atoms with Gasteiger partial charge in [-0.05, 0) is 87.1 Å². The van der Waals surface area contributed by atoms with Crippen LogP contribution >= 0.6 is 11.3 Å². The molecule has 9 rings (SSSR count). The van der Waals surface area contributed by atoms with Gasteiger partial charge in [0, 0.05) is 37.1 Å². The van der Waals surface area contributed by atoms with Gasteiger partial charge in [-0.3, -0.25) is 0 Å². The highest BCUT2D eigenvalue weighted by molar-refractivity contribution is 7.25. The molecule has 48 heavy (non-hydrogen) atoms. The van der Waals surface area contributed by atoms with Crippen molar-refractivity contribution in [3.8, 4) is 33.4 Å². The summed E-state index contributed by atoms with van der Waals surface area (Å²) in [4.78, 5) is 2.41. The molecule has 0 unspecified atom stereocenters. The zero-order valence-corrected chi connectivity index (χ0v) is 27.1. The molecule has 0 atom stereocenters. The highest BCUT2D eigenvalue weighted by Crippen LogP contribution is 2.44. The highest BCUT2D eigenvalue weighted by atomic mass is 32.1. The largest absolute Gasteiger partial charge is 0.310 e. The van der Waals surface area contributed by atoms with Crippen LogP contribution in [0.5, 0.6) is 0 Å². The van der Waals surface area contributed by atoms with Crippen molar-refractivity contribution in [1.82, 2.24) is 0 Å². The number of thiophene rings is 1. The van der Waals surface area contributed by atoms with Gasteiger partial charge in [-0.25, -0.2) is 0 Å². The lowest BCUT2D eigenvalue weighted by atomic mass is 9.97. The number of hydrogen-bond donors (Lipinski definition) is 0. The average Bonchev–Trinajstić information content (AvgIpc) is 3.54. The SMILES string of the molecule is c1ccc(-c2cccc(N(c3ccc(-c4cccc5ccccc45)cc3)c3ccccc3-c3ccc4sc5ccccc5c4c3)c2)cc1. The van der Waals surface area contributed by atoms with Crippen LogP contribution in [0.3, 0.4) is 0 Å². The number of nitrogens with zero attached hydrogens (tertiary/aromatic N) is 1. The number of para-hydroxylation sites is 1. The number of rotatable bonds is 6. The van der Waals surface area contributed by atoms with Crippen LogP contribution in [-0.2, 0) is 0 Å². The summed E-state index contributed by atoms with van der Waals surface area (Å²) in [6.45, 7) is 0. The summed E-state index contributed by atoms with van der Waals surface area (Å²) in [6.07, 6.45) is 0. The van der Waals surface area contributed by atoms with Crippen molar-refractivity contribution in [2.75, 3.05) is 4.90 Å². The molecule has 9 aromatic rings. The monoisotopic (exact) mass is 629 g/mol. The number of anilines is 3. The molecule has 8 aromatic carbocycles. The molecule has 0 saturated carbocycles. The first-order chi connectivity index (χ1) is 23.8. The topological polar surface area (TPSA) is 3.24 Å². The van der Waals surface area contributed by atoms with Crippen molar-refractivity contribution >= 4 is 59.3 Å². The van der Waals surface area contributed by atoms with Gasteiger partial charge in [0.25, 0.3) is 0 Å². The van der Waals surface area contributed by atoms with Gasteiger partial charge >= 0.3 is 0 Å². The zero-order chi connectivity index (χ0) is 31.9. The summed E-state index contributed by atoms with van der Waals surface area (Å²) in [7, 11) is 0. The Balaban J connectivity index is 1.22. The fourth-order valence-electron chi connectivity index (χ4n) is 6.96. The molecule has 0 radical (unpaired) electrons. The Morgan fingerprint density at radius 3 is 1.88 bits per heavy atom. The lowest BCUT2D eigenvalue weighted by Gasteiger charge is -2.28. The lowest BCUT2D eigenvalue weighted by molar-refractivity contribution is 1.28. The average molecular weight is 630 g/mol. The van der Waals surface area contributed by atoms with E-state index in [1.54, 1.807) is 0 Å². The third-order valence-corrected chi connectivity index (χ3v) is 10.4. The summed E-state index contributed by atoms with van der Waals surface area (Å²) < 4.78 is 2.64. The molecular weight excluding hydrogens is 599 g/mol. The second-order valence-corrected chi connectivity index (χ2v) is 13.2. The van der Waals surface area contributed by atoms with Gasteiger partial charge in [0.15, 0.2) is 0 Å². The van der Waals surface area contributed by atoms with Crippen LogP contribution in [0.4, 0.5) is 17.1 Å². The van der Waals surface area contributed by atoms with Crippen molar-refractivity contribution in [2.24, 2.45) is 0 Å². The molecule has 0 spiro atoms. The molecule has 0 bridgehead atoms. The first-order valence-electron chi connectivity index (χ1n) is 16.3. The van der Waals surface area contributed by atoms with Crippen molar-refractivity contribution in [3.63, 3.8) is 0 Å². The van der Waals surface area contributed by atoms with E-state index in [0.29, 0.717) is 0 Å². The smallest absolute Gasteiger partial charge is 0.0540 e. The molecule has 0 aliphatic heterocycles. The summed E-state index contributed by atoms with van der Waals surface area (Å²) in [5, 5.41) is 5.14. The third-order valence-electron chi connectivity index (χ3n) is 9.27. The molecule has 2 heteroatoms. The van der Waals surface area contributed by atoms with E-state index in [-0.39, 0.29) is 0 Å². The predicted molar refractivity (Wildman–Crippen MR) is 208 cm³/mol. The van der Waals surface area contributed by atoms with Crippen LogP contribution < -0.4 is 4.90 Å². The van der Waals surface area contributed by atoms with Gasteiger partial charge in [0.05, 0.1) is 5.69 Å². The van der Waals surface area contributed by atoms with Crippen LogP contribution in [0.1, 0.15) is 0 Å². The van der Waals surface area contributed by atoms with Gasteiger partial charge in [-0.1, -0.05) is 140 Å². The molecule has 0 amide bonds. The fraction of sp³-hybridized carbons (Fsp3) is 0. The summed E-state index contributed by atoms with van der Waals surface area (Å²) in [5.41, 5.74) is 10.6. The van der Waals surface area contributed by atoms with E-state index < -0.39 is 0 Å². The van der Waals surface area contributed by atoms with Crippen LogP contribution in [0, 0.1) is 0 Å². The van der Waals surface area contributed by atoms with Crippen molar-refractivity contribution in [1.29, 1.82) is 0 Å². The lowest BCUT2D eigenvalue weighted by Crippen LogP contribution is -2.11. The minimum absolute atomic E-state index is 1.11. The number of hydrogen-bond acceptors (Lipinski definition) is 2. The maximum atomic E-state index is 2.41. The first-order valence-corrected chi connectivity index (χ1v) is 17.2. The van der Waals surface area contributed by atoms with Crippen LogP contribution in [0.2, 0.25) is 0 Å². The summed E-state index contributed by atoms with van der Waals surface area (Å²) in [6, 6.07) is 68.2. The molecule has 0 fully saturated rings. The molecule has 1 aromatic heterocycles. The summed E-state index contributed by atoms with van der Waals surface area (Å²) >= 11 is 1.86. The molecule has 0 aliphatic rings. The van der Waals surface area contributed by atoms with Gasteiger partial charge in [-0.2, -0.15) is 0 Å². The first kappa shape index (κ1) is 28.3. The van der Waals surface area contributed by atoms with E-state index >= 15 is 0 Å². The third kappa shape index (κ3) is 5.04. The van der Waals surface area contributed by atoms with E-state index in [4.69, 9.17) is 0 Å². The molecule has 1 nitrogen and oxygen atoms in total. The molecule has 0 N–H and O–H groups in total. The van der Waals surface area contributed by atoms with Gasteiger partial charge < -0.3 is 4.90 Å². The van der Waals surface area contributed by atoms with E-state index in [0.717, 1.165) is 17.1 Å². The van der Waals surface area contributed by atoms with E-state index in [2.05, 4.69) is 193 Å². The Morgan fingerprint density at radius 2 is 0.979 bits per heavy atom. The van der Waals surface area contributed by atoms with Gasteiger partial charge in [-0.15, -0.1) is 11.3 Å². The zero-order valence-electron chi connectivity index (χ0n) is 26.3. The molecule has 0 saturated heterocycles. The van der Waals surface area contributed by atoms with Crippen molar-refractivity contribution in [2.45, 2.75) is 0 Å². The minimum Gasteiger partial charge on any atom is -0.310 e. The Hall–Kier alpha value is -5.96. The maximum absolute atomic E-state index is 2.41. The van der Waals surface area contributed by atoms with E-state index in [1.165, 1.54) is 64.3 Å². The van der Waals surface area contributed by atoms with Crippen LogP contribution in [0.15, 0.2) is 188 Å². The second kappa shape index (κ2) is 12.0. The quantitative estimate of drug-likeness (QED) is 0.177. The molecule has 1 heterocycles. The predicted octanol–water partition coefficient (Wildman–Crippen LogP) is 13.7. The maximum Gasteiger partial charge on any atom is 0.0540 e. The van der Waals surface area contributed by atoms with Crippen LogP contribution in [-0.4, -0.2) is 0 Å². The van der Waals surface area contributed by atoms with Gasteiger partial charge in [0.1, 0.15) is 0 Å². The van der Waals surface area contributed by atoms with Crippen LogP contribution in [0.25, 0.3) is 64.3 Å². The van der Waals surface area contributed by atoms with Crippen molar-refractivity contribution in [3.05, 3.63) is 188 Å². The number of fused-ring (bicyclic) bond motifs is 4. The Morgan fingerprint density at radius 1 is 0.333 bits per heavy atom. The standard InChI is InChI=1S/C46H31NS/c1-2-12-32(13-3-1)35-16-10-17-38(30-35)47(37-27-24-34(25-28-37)40-21-11-15-33-14-4-5-18-39(33)40)44-22-8-6-19-41(44)36-26-29-46-43(31-36)42-20-7-9-23-45(42)48-46/h1-31H. The fourth-order valence-corrected chi connectivity index (χ4v) is 8.04. The Bertz CT molecular complexity index is 2560. The highest BCUT2D eigenvalue weighted by Gasteiger charge is 2.19. The van der Waals surface area contributed by atoms with E-state index in [9.17, 15) is 0 Å². The van der Waals surface area contributed by atoms with Gasteiger partial charge in [0.2, 0.25) is 0 Å². The molecular formula is C46H31NS. The molecule has 226 valence electrons. The second-order valence-electron chi connectivity index (χ2n) is 12.2. The van der Waals surface area contributed by atoms with Crippen molar-refractivity contribution < 1.29 is 0 Å². The molecule has 0 aliphatic carbocycles. The normalized spacial score (nSPS) is 11.3. The minimum atomic E-state index is 1.11. The Labute approximate surface area is 284 Å².